The van der Waals surface area contributed by atoms with Crippen LogP contribution in [0.1, 0.15) is 43.6 Å². The first kappa shape index (κ1) is 10.7. The first-order valence-corrected chi connectivity index (χ1v) is 6.31. The van der Waals surface area contributed by atoms with Crippen molar-refractivity contribution < 1.29 is 0 Å². The fraction of sp³-hybridized carbons (Fsp3) is 0.538. The van der Waals surface area contributed by atoms with E-state index in [4.69, 9.17) is 4.98 Å². The summed E-state index contributed by atoms with van der Waals surface area (Å²) < 4.78 is 0. The molecule has 1 fully saturated rings. The summed E-state index contributed by atoms with van der Waals surface area (Å²) in [7, 11) is 0. The van der Waals surface area contributed by atoms with Crippen molar-refractivity contribution in [1.29, 1.82) is 0 Å². The number of H-pyrrole nitrogens is 1. The average Bonchev–Trinajstić information content (AvgIpc) is 2.98. The van der Waals surface area contributed by atoms with Crippen LogP contribution in [0.3, 0.4) is 0 Å². The summed E-state index contributed by atoms with van der Waals surface area (Å²) >= 11 is 0. The summed E-state index contributed by atoms with van der Waals surface area (Å²) in [5.74, 6) is 1.90. The summed E-state index contributed by atoms with van der Waals surface area (Å²) in [6.07, 6.45) is 3.09. The van der Waals surface area contributed by atoms with Gasteiger partial charge in [-0.05, 0) is 24.9 Å². The average molecular weight is 230 g/mol. The standard InChI is InChI=1S/C13H18N4/c1-8(2)11-10-4-6-15-13(10)17-12(16-11)9-3-5-14-7-9/h4,6,8-9,14H,3,5,7H2,1-2H3,(H,15,16,17). The Morgan fingerprint density at radius 1 is 1.35 bits per heavy atom. The van der Waals surface area contributed by atoms with E-state index in [1.807, 2.05) is 6.20 Å². The number of nitrogens with one attached hydrogen (secondary N) is 2. The third-order valence-electron chi connectivity index (χ3n) is 3.43. The third kappa shape index (κ3) is 1.82. The topological polar surface area (TPSA) is 53.6 Å². The van der Waals surface area contributed by atoms with Gasteiger partial charge in [0.05, 0.1) is 5.69 Å². The van der Waals surface area contributed by atoms with Crippen molar-refractivity contribution in [2.45, 2.75) is 32.1 Å². The molecule has 17 heavy (non-hydrogen) atoms. The lowest BCUT2D eigenvalue weighted by molar-refractivity contribution is 0.688. The van der Waals surface area contributed by atoms with Crippen molar-refractivity contribution in [2.24, 2.45) is 0 Å². The van der Waals surface area contributed by atoms with Crippen molar-refractivity contribution in [3.05, 3.63) is 23.8 Å². The van der Waals surface area contributed by atoms with E-state index in [9.17, 15) is 0 Å². The Labute approximate surface area is 101 Å². The van der Waals surface area contributed by atoms with Crippen LogP contribution >= 0.6 is 0 Å². The highest BCUT2D eigenvalue weighted by Gasteiger charge is 2.21. The molecule has 1 aliphatic heterocycles. The predicted molar refractivity (Wildman–Crippen MR) is 68.2 cm³/mol. The number of aromatic nitrogens is 3. The zero-order chi connectivity index (χ0) is 11.8. The third-order valence-corrected chi connectivity index (χ3v) is 3.43. The van der Waals surface area contributed by atoms with E-state index in [1.54, 1.807) is 0 Å². The van der Waals surface area contributed by atoms with Crippen molar-refractivity contribution in [3.8, 4) is 0 Å². The lowest BCUT2D eigenvalue weighted by atomic mass is 10.0. The van der Waals surface area contributed by atoms with Gasteiger partial charge in [0.2, 0.25) is 0 Å². The number of rotatable bonds is 2. The Kier molecular flexibility index (Phi) is 2.59. The van der Waals surface area contributed by atoms with Crippen LogP contribution in [0.2, 0.25) is 0 Å². The van der Waals surface area contributed by atoms with Crippen LogP contribution in [-0.4, -0.2) is 28.0 Å². The zero-order valence-corrected chi connectivity index (χ0v) is 10.3. The summed E-state index contributed by atoms with van der Waals surface area (Å²) in [6, 6.07) is 2.07. The normalized spacial score (nSPS) is 20.5. The molecule has 1 saturated heterocycles. The van der Waals surface area contributed by atoms with E-state index in [-0.39, 0.29) is 0 Å². The van der Waals surface area contributed by atoms with E-state index in [0.717, 1.165) is 42.1 Å². The fourth-order valence-corrected chi connectivity index (χ4v) is 2.48. The van der Waals surface area contributed by atoms with E-state index in [2.05, 4.69) is 35.2 Å². The highest BCUT2D eigenvalue weighted by Crippen LogP contribution is 2.26. The summed E-state index contributed by atoms with van der Waals surface area (Å²) in [6.45, 7) is 6.45. The molecule has 0 radical (unpaired) electrons. The molecule has 90 valence electrons. The minimum atomic E-state index is 0.435. The molecule has 0 saturated carbocycles. The van der Waals surface area contributed by atoms with Gasteiger partial charge >= 0.3 is 0 Å². The highest BCUT2D eigenvalue weighted by atomic mass is 15.0. The Hall–Kier alpha value is -1.42. The van der Waals surface area contributed by atoms with E-state index >= 15 is 0 Å². The number of hydrogen-bond acceptors (Lipinski definition) is 3. The summed E-state index contributed by atoms with van der Waals surface area (Å²) in [4.78, 5) is 12.6. The molecule has 0 spiro atoms. The fourth-order valence-electron chi connectivity index (χ4n) is 2.48. The first-order valence-electron chi connectivity index (χ1n) is 6.31. The summed E-state index contributed by atoms with van der Waals surface area (Å²) in [5, 5.41) is 4.53. The van der Waals surface area contributed by atoms with Gasteiger partial charge in [-0.25, -0.2) is 9.97 Å². The molecule has 1 unspecified atom stereocenters. The van der Waals surface area contributed by atoms with Gasteiger partial charge in [0.1, 0.15) is 11.5 Å². The molecule has 4 heteroatoms. The molecular formula is C13H18N4. The Morgan fingerprint density at radius 3 is 2.94 bits per heavy atom. The van der Waals surface area contributed by atoms with E-state index in [0.29, 0.717) is 11.8 Å². The van der Waals surface area contributed by atoms with Crippen LogP contribution in [0.5, 0.6) is 0 Å². The molecule has 0 amide bonds. The first-order chi connectivity index (χ1) is 8.25. The van der Waals surface area contributed by atoms with E-state index < -0.39 is 0 Å². The zero-order valence-electron chi connectivity index (χ0n) is 10.3. The van der Waals surface area contributed by atoms with Crippen molar-refractivity contribution in [2.75, 3.05) is 13.1 Å². The second kappa shape index (κ2) is 4.11. The van der Waals surface area contributed by atoms with Gasteiger partial charge in [-0.15, -0.1) is 0 Å². The molecule has 0 aliphatic carbocycles. The molecular weight excluding hydrogens is 212 g/mol. The minimum Gasteiger partial charge on any atom is -0.346 e. The molecule has 2 N–H and O–H groups in total. The Bertz CT molecular complexity index is 523. The van der Waals surface area contributed by atoms with Gasteiger partial charge in [-0.2, -0.15) is 0 Å². The molecule has 3 heterocycles. The number of nitrogens with zero attached hydrogens (tertiary/aromatic N) is 2. The lowest BCUT2D eigenvalue weighted by Crippen LogP contribution is -2.11. The van der Waals surface area contributed by atoms with Crippen LogP contribution < -0.4 is 5.32 Å². The SMILES string of the molecule is CC(C)c1nc(C2CCNC2)nc2[nH]ccc12. The molecule has 0 bridgehead atoms. The highest BCUT2D eigenvalue weighted by molar-refractivity contribution is 5.78. The van der Waals surface area contributed by atoms with Crippen LogP contribution in [0, 0.1) is 0 Å². The molecule has 1 aliphatic rings. The molecule has 3 rings (SSSR count). The molecule has 1 atom stereocenters. The minimum absolute atomic E-state index is 0.435. The van der Waals surface area contributed by atoms with E-state index in [1.165, 1.54) is 0 Å². The van der Waals surface area contributed by atoms with Gasteiger partial charge in [-0.1, -0.05) is 13.8 Å². The largest absolute Gasteiger partial charge is 0.346 e. The second-order valence-electron chi connectivity index (χ2n) is 5.05. The molecule has 0 aromatic carbocycles. The van der Waals surface area contributed by atoms with Crippen molar-refractivity contribution >= 4 is 11.0 Å². The Balaban J connectivity index is 2.12. The maximum absolute atomic E-state index is 4.78. The van der Waals surface area contributed by atoms with Gasteiger partial charge < -0.3 is 10.3 Å². The van der Waals surface area contributed by atoms with Crippen LogP contribution in [0.4, 0.5) is 0 Å². The van der Waals surface area contributed by atoms with Crippen molar-refractivity contribution in [1.82, 2.24) is 20.3 Å². The second-order valence-corrected chi connectivity index (χ2v) is 5.05. The summed E-state index contributed by atoms with van der Waals surface area (Å²) in [5.41, 5.74) is 2.14. The van der Waals surface area contributed by atoms with Gasteiger partial charge in [0, 0.05) is 24.0 Å². The van der Waals surface area contributed by atoms with Gasteiger partial charge in [0.25, 0.3) is 0 Å². The van der Waals surface area contributed by atoms with Crippen LogP contribution in [0.25, 0.3) is 11.0 Å². The monoisotopic (exact) mass is 230 g/mol. The van der Waals surface area contributed by atoms with Crippen LogP contribution in [0.15, 0.2) is 12.3 Å². The number of aromatic amines is 1. The molecule has 2 aromatic heterocycles. The smallest absolute Gasteiger partial charge is 0.141 e. The quantitative estimate of drug-likeness (QED) is 0.831. The van der Waals surface area contributed by atoms with Gasteiger partial charge in [0.15, 0.2) is 0 Å². The molecule has 4 nitrogen and oxygen atoms in total. The predicted octanol–water partition coefficient (Wildman–Crippen LogP) is 2.16. The van der Waals surface area contributed by atoms with Crippen molar-refractivity contribution in [3.63, 3.8) is 0 Å². The maximum atomic E-state index is 4.78. The van der Waals surface area contributed by atoms with Gasteiger partial charge in [-0.3, -0.25) is 0 Å². The van der Waals surface area contributed by atoms with Crippen LogP contribution in [-0.2, 0) is 0 Å². The Morgan fingerprint density at radius 2 is 2.24 bits per heavy atom. The number of hydrogen-bond donors (Lipinski definition) is 2. The number of fused-ring (bicyclic) bond motifs is 1. The lowest BCUT2D eigenvalue weighted by Gasteiger charge is -2.12. The molecule has 2 aromatic rings. The maximum Gasteiger partial charge on any atom is 0.141 e.